The van der Waals surface area contributed by atoms with Crippen molar-refractivity contribution in [2.75, 3.05) is 18.4 Å². The van der Waals surface area contributed by atoms with Gasteiger partial charge >= 0.3 is 23.9 Å². The first-order valence-corrected chi connectivity index (χ1v) is 8.45. The number of hydrogen-bond donors (Lipinski definition) is 1. The summed E-state index contributed by atoms with van der Waals surface area (Å²) in [5, 5.41) is 9.62. The summed E-state index contributed by atoms with van der Waals surface area (Å²) in [5.74, 6) is -16.3. The first-order valence-electron chi connectivity index (χ1n) is 7.63. The van der Waals surface area contributed by atoms with Crippen molar-refractivity contribution in [3.8, 4) is 6.07 Å². The van der Waals surface area contributed by atoms with Gasteiger partial charge in [0.2, 0.25) is 0 Å². The minimum absolute atomic E-state index is 0.0226. The first kappa shape index (κ1) is 23.7. The van der Waals surface area contributed by atoms with E-state index in [9.17, 15) is 40.3 Å². The van der Waals surface area contributed by atoms with E-state index in [0.717, 1.165) is 0 Å². The highest BCUT2D eigenvalue weighted by atomic mass is 32.1. The summed E-state index contributed by atoms with van der Waals surface area (Å²) >= 11 is 0.335. The molecule has 0 spiro atoms. The van der Waals surface area contributed by atoms with Crippen LogP contribution in [0.2, 0.25) is 0 Å². The third kappa shape index (κ3) is 3.91. The van der Waals surface area contributed by atoms with Gasteiger partial charge in [-0.25, -0.2) is 0 Å². The van der Waals surface area contributed by atoms with Crippen molar-refractivity contribution in [2.24, 2.45) is 0 Å². The molecule has 0 radical (unpaired) electrons. The van der Waals surface area contributed by atoms with Gasteiger partial charge in [-0.15, -0.1) is 11.3 Å². The van der Waals surface area contributed by atoms with Crippen LogP contribution in [-0.2, 0) is 4.79 Å². The monoisotopic (exact) mass is 433 g/mol. The summed E-state index contributed by atoms with van der Waals surface area (Å²) in [5.41, 5.74) is -0.509. The maximum atomic E-state index is 13.5. The molecule has 1 N–H and O–H groups in total. The fourth-order valence-electron chi connectivity index (χ4n) is 2.10. The molecule has 0 saturated heterocycles. The lowest BCUT2D eigenvalue weighted by Crippen LogP contribution is -2.57. The van der Waals surface area contributed by atoms with E-state index in [1.165, 1.54) is 23.2 Å². The van der Waals surface area contributed by atoms with Gasteiger partial charge in [0.25, 0.3) is 5.91 Å². The number of alkyl halides is 7. The first-order chi connectivity index (χ1) is 12.7. The second-order valence-electron chi connectivity index (χ2n) is 5.45. The average molecular weight is 433 g/mol. The molecule has 1 aromatic heterocycles. The average Bonchev–Trinajstić information content (AvgIpc) is 2.89. The van der Waals surface area contributed by atoms with Gasteiger partial charge in [0.15, 0.2) is 0 Å². The van der Waals surface area contributed by atoms with Crippen molar-refractivity contribution >= 4 is 28.2 Å². The largest absolute Gasteiger partial charge is 0.460 e. The van der Waals surface area contributed by atoms with E-state index in [1.807, 2.05) is 0 Å². The number of carbonyl (C=O) groups is 2. The summed E-state index contributed by atoms with van der Waals surface area (Å²) in [6.45, 7) is 5.04. The Balaban J connectivity index is 3.33. The Morgan fingerprint density at radius 3 is 2.00 bits per heavy atom. The van der Waals surface area contributed by atoms with Crippen LogP contribution in [0.15, 0.2) is 0 Å². The smallest absolute Gasteiger partial charge is 0.338 e. The van der Waals surface area contributed by atoms with Crippen molar-refractivity contribution < 1.29 is 40.3 Å². The zero-order chi connectivity index (χ0) is 22.1. The number of amides is 2. The molecule has 0 atom stereocenters. The Kier molecular flexibility index (Phi) is 6.72. The molecule has 0 aliphatic carbocycles. The fraction of sp³-hybridized carbons (Fsp3) is 0.533. The molecule has 5 nitrogen and oxygen atoms in total. The van der Waals surface area contributed by atoms with Gasteiger partial charge in [-0.05, 0) is 26.3 Å². The second kappa shape index (κ2) is 7.94. The molecule has 0 aliphatic heterocycles. The van der Waals surface area contributed by atoms with Crippen LogP contribution in [0.5, 0.6) is 0 Å². The van der Waals surface area contributed by atoms with Gasteiger partial charge in [-0.3, -0.25) is 9.59 Å². The highest BCUT2D eigenvalue weighted by Gasteiger charge is 2.76. The second-order valence-corrected chi connectivity index (χ2v) is 6.47. The molecule has 0 unspecified atom stereocenters. The molecule has 1 heterocycles. The van der Waals surface area contributed by atoms with E-state index in [-0.39, 0.29) is 23.5 Å². The Labute approximate surface area is 158 Å². The summed E-state index contributed by atoms with van der Waals surface area (Å²) in [6, 6.07) is 1.51. The molecule has 2 amide bonds. The molecule has 13 heteroatoms. The summed E-state index contributed by atoms with van der Waals surface area (Å²) < 4.78 is 89.6. The number of nitriles is 1. The Bertz CT molecular complexity index is 808. The number of halogens is 7. The van der Waals surface area contributed by atoms with Crippen LogP contribution < -0.4 is 5.32 Å². The molecule has 1 rings (SSSR count). The zero-order valence-electron chi connectivity index (χ0n) is 14.7. The topological polar surface area (TPSA) is 73.2 Å². The number of hydrogen-bond acceptors (Lipinski definition) is 4. The molecule has 0 saturated carbocycles. The Morgan fingerprint density at radius 2 is 1.61 bits per heavy atom. The van der Waals surface area contributed by atoms with Gasteiger partial charge < -0.3 is 10.2 Å². The van der Waals surface area contributed by atoms with Crippen molar-refractivity contribution in [3.63, 3.8) is 0 Å². The van der Waals surface area contributed by atoms with Gasteiger partial charge in [-0.2, -0.15) is 36.0 Å². The molecule has 1 aromatic rings. The van der Waals surface area contributed by atoms with Crippen molar-refractivity contribution in [2.45, 2.75) is 38.8 Å². The molecule has 0 aliphatic rings. The predicted octanol–water partition coefficient (Wildman–Crippen LogP) is 4.18. The van der Waals surface area contributed by atoms with Crippen molar-refractivity contribution in [1.82, 2.24) is 4.90 Å². The standard InChI is InChI=1S/C15H14F7N3O2S/c1-4-25(5-2)11(26)9-7(3)8(6-23)10(28-9)24-12(27)13(16,17)14(18,19)15(20,21)22/h4-5H2,1-3H3,(H,24,27). The number of rotatable bonds is 6. The lowest BCUT2D eigenvalue weighted by atomic mass is 10.1. The van der Waals surface area contributed by atoms with E-state index in [0.29, 0.717) is 11.3 Å². The molecule has 0 fully saturated rings. The van der Waals surface area contributed by atoms with Gasteiger partial charge in [0.1, 0.15) is 11.1 Å². The van der Waals surface area contributed by atoms with E-state index < -0.39 is 40.4 Å². The number of carbonyl (C=O) groups excluding carboxylic acids is 2. The van der Waals surface area contributed by atoms with Crippen LogP contribution in [0.25, 0.3) is 0 Å². The number of thiophene rings is 1. The lowest BCUT2D eigenvalue weighted by molar-refractivity contribution is -0.343. The minimum atomic E-state index is -6.68. The predicted molar refractivity (Wildman–Crippen MR) is 85.6 cm³/mol. The van der Waals surface area contributed by atoms with Gasteiger partial charge in [0.05, 0.1) is 10.4 Å². The van der Waals surface area contributed by atoms with E-state index >= 15 is 0 Å². The molecule has 156 valence electrons. The van der Waals surface area contributed by atoms with E-state index in [2.05, 4.69) is 0 Å². The van der Waals surface area contributed by atoms with Gasteiger partial charge in [-0.1, -0.05) is 0 Å². The molecular weight excluding hydrogens is 419 g/mol. The van der Waals surface area contributed by atoms with Crippen LogP contribution in [0.3, 0.4) is 0 Å². The molecular formula is C15H14F7N3O2S. The fourth-order valence-corrected chi connectivity index (χ4v) is 3.22. The maximum absolute atomic E-state index is 13.5. The Morgan fingerprint density at radius 1 is 1.11 bits per heavy atom. The maximum Gasteiger partial charge on any atom is 0.460 e. The van der Waals surface area contributed by atoms with Gasteiger partial charge in [0, 0.05) is 13.1 Å². The van der Waals surface area contributed by atoms with Crippen molar-refractivity contribution in [3.05, 3.63) is 16.0 Å². The summed E-state index contributed by atoms with van der Waals surface area (Å²) in [6.07, 6.45) is -6.68. The highest BCUT2D eigenvalue weighted by molar-refractivity contribution is 7.18. The highest BCUT2D eigenvalue weighted by Crippen LogP contribution is 2.47. The normalized spacial score (nSPS) is 12.5. The summed E-state index contributed by atoms with van der Waals surface area (Å²) in [4.78, 5) is 25.0. The minimum Gasteiger partial charge on any atom is -0.338 e. The van der Waals surface area contributed by atoms with Crippen LogP contribution in [-0.4, -0.2) is 47.8 Å². The molecule has 0 bridgehead atoms. The van der Waals surface area contributed by atoms with E-state index in [1.54, 1.807) is 13.8 Å². The lowest BCUT2D eigenvalue weighted by Gasteiger charge is -2.26. The third-order valence-electron chi connectivity index (χ3n) is 3.77. The molecule has 28 heavy (non-hydrogen) atoms. The Hall–Kier alpha value is -2.36. The number of nitrogens with zero attached hydrogens (tertiary/aromatic N) is 2. The van der Waals surface area contributed by atoms with E-state index in [4.69, 9.17) is 5.26 Å². The van der Waals surface area contributed by atoms with Crippen LogP contribution in [0.4, 0.5) is 35.7 Å². The van der Waals surface area contributed by atoms with Crippen molar-refractivity contribution in [1.29, 1.82) is 5.26 Å². The van der Waals surface area contributed by atoms with Crippen LogP contribution in [0.1, 0.15) is 34.6 Å². The third-order valence-corrected chi connectivity index (χ3v) is 4.96. The summed E-state index contributed by atoms with van der Waals surface area (Å²) in [7, 11) is 0. The molecule has 0 aromatic carbocycles. The number of nitrogens with one attached hydrogen (secondary N) is 1. The number of anilines is 1. The SMILES string of the molecule is CCN(CC)C(=O)c1sc(NC(=O)C(F)(F)C(F)(F)C(F)(F)F)c(C#N)c1C. The quantitative estimate of drug-likeness (QED) is 0.684. The van der Waals surface area contributed by atoms with Crippen LogP contribution >= 0.6 is 11.3 Å². The van der Waals surface area contributed by atoms with Crippen LogP contribution in [0, 0.1) is 18.3 Å². The zero-order valence-corrected chi connectivity index (χ0v) is 15.5.